The fourth-order valence-electron chi connectivity index (χ4n) is 1.56. The molecule has 0 bridgehead atoms. The van der Waals surface area contributed by atoms with Gasteiger partial charge in [-0.3, -0.25) is 0 Å². The maximum Gasteiger partial charge on any atom is 0.239 e. The van der Waals surface area contributed by atoms with Gasteiger partial charge in [0.05, 0.1) is 5.25 Å². The number of thioether (sulfide) groups is 1. The minimum absolute atomic E-state index is 0.419. The zero-order chi connectivity index (χ0) is 9.80. The Bertz CT molecular complexity index is 283. The molecule has 5 heteroatoms. The Kier molecular flexibility index (Phi) is 3.42. The predicted molar refractivity (Wildman–Crippen MR) is 56.1 cm³/mol. The molecule has 1 aliphatic rings. The Morgan fingerprint density at radius 3 is 3.14 bits per heavy atom. The summed E-state index contributed by atoms with van der Waals surface area (Å²) in [5, 5.41) is 4.32. The van der Waals surface area contributed by atoms with Gasteiger partial charge in [0.15, 0.2) is 5.82 Å². The Hall–Kier alpha value is -0.550. The van der Waals surface area contributed by atoms with Crippen LogP contribution in [0.5, 0.6) is 0 Å². The standard InChI is InChI=1S/C9H15N3OS/c10-5-4-8-11-9(13-12-8)7-3-1-2-6-14-7/h7H,1-6,10H2. The number of aromatic nitrogens is 2. The first-order valence-electron chi connectivity index (χ1n) is 5.04. The molecule has 4 nitrogen and oxygen atoms in total. The molecule has 1 aromatic rings. The van der Waals surface area contributed by atoms with Crippen LogP contribution in [-0.4, -0.2) is 22.4 Å². The van der Waals surface area contributed by atoms with Gasteiger partial charge < -0.3 is 10.3 Å². The summed E-state index contributed by atoms with van der Waals surface area (Å²) >= 11 is 1.92. The lowest BCUT2D eigenvalue weighted by molar-refractivity contribution is 0.365. The fraction of sp³-hybridized carbons (Fsp3) is 0.778. The van der Waals surface area contributed by atoms with E-state index in [-0.39, 0.29) is 0 Å². The monoisotopic (exact) mass is 213 g/mol. The second kappa shape index (κ2) is 4.79. The van der Waals surface area contributed by atoms with Crippen LogP contribution >= 0.6 is 11.8 Å². The van der Waals surface area contributed by atoms with Crippen LogP contribution in [0.15, 0.2) is 4.52 Å². The number of nitrogens with zero attached hydrogens (tertiary/aromatic N) is 2. The summed E-state index contributed by atoms with van der Waals surface area (Å²) in [4.78, 5) is 4.35. The van der Waals surface area contributed by atoms with E-state index in [1.165, 1.54) is 18.6 Å². The lowest BCUT2D eigenvalue weighted by Gasteiger charge is -2.16. The largest absolute Gasteiger partial charge is 0.338 e. The summed E-state index contributed by atoms with van der Waals surface area (Å²) in [6.45, 7) is 0.580. The van der Waals surface area contributed by atoms with E-state index in [1.54, 1.807) is 0 Å². The van der Waals surface area contributed by atoms with Crippen LogP contribution in [0.3, 0.4) is 0 Å². The van der Waals surface area contributed by atoms with E-state index in [4.69, 9.17) is 10.3 Å². The van der Waals surface area contributed by atoms with Gasteiger partial charge in [0.2, 0.25) is 5.89 Å². The van der Waals surface area contributed by atoms with Crippen LogP contribution in [0.4, 0.5) is 0 Å². The molecule has 78 valence electrons. The molecule has 1 aromatic heterocycles. The molecule has 0 aliphatic carbocycles. The first-order valence-corrected chi connectivity index (χ1v) is 6.09. The fourth-order valence-corrected chi connectivity index (χ4v) is 2.79. The first kappa shape index (κ1) is 9.98. The Labute approximate surface area is 87.6 Å². The molecule has 0 saturated carbocycles. The molecule has 1 saturated heterocycles. The maximum atomic E-state index is 5.42. The molecule has 2 N–H and O–H groups in total. The average molecular weight is 213 g/mol. The van der Waals surface area contributed by atoms with Crippen LogP contribution in [0, 0.1) is 0 Å². The van der Waals surface area contributed by atoms with Gasteiger partial charge in [0.1, 0.15) is 0 Å². The van der Waals surface area contributed by atoms with E-state index in [0.29, 0.717) is 18.2 Å². The van der Waals surface area contributed by atoms with Crippen LogP contribution < -0.4 is 5.73 Å². The normalized spacial score (nSPS) is 22.5. The smallest absolute Gasteiger partial charge is 0.239 e. The van der Waals surface area contributed by atoms with Crippen LogP contribution in [0.2, 0.25) is 0 Å². The highest BCUT2D eigenvalue weighted by Crippen LogP contribution is 2.37. The molecule has 1 atom stereocenters. The van der Waals surface area contributed by atoms with E-state index in [9.17, 15) is 0 Å². The third-order valence-corrected chi connectivity index (χ3v) is 3.67. The molecule has 1 unspecified atom stereocenters. The third kappa shape index (κ3) is 2.27. The summed E-state index contributed by atoms with van der Waals surface area (Å²) in [6, 6.07) is 0. The number of hydrogen-bond acceptors (Lipinski definition) is 5. The van der Waals surface area contributed by atoms with Crippen molar-refractivity contribution in [2.75, 3.05) is 12.3 Å². The van der Waals surface area contributed by atoms with Crippen LogP contribution in [0.1, 0.15) is 36.2 Å². The molecule has 0 radical (unpaired) electrons. The molecule has 1 aliphatic heterocycles. The van der Waals surface area contributed by atoms with Crippen molar-refractivity contribution in [3.63, 3.8) is 0 Å². The minimum atomic E-state index is 0.419. The van der Waals surface area contributed by atoms with Crippen molar-refractivity contribution in [2.24, 2.45) is 5.73 Å². The summed E-state index contributed by atoms with van der Waals surface area (Å²) in [5.41, 5.74) is 5.42. The van der Waals surface area contributed by atoms with Gasteiger partial charge in [-0.1, -0.05) is 11.6 Å². The van der Waals surface area contributed by atoms with Gasteiger partial charge in [-0.2, -0.15) is 4.98 Å². The highest BCUT2D eigenvalue weighted by atomic mass is 32.2. The molecule has 0 amide bonds. The molecule has 1 fully saturated rings. The molecule has 0 aromatic carbocycles. The van der Waals surface area contributed by atoms with Gasteiger partial charge in [0, 0.05) is 6.42 Å². The first-order chi connectivity index (χ1) is 6.90. The highest BCUT2D eigenvalue weighted by Gasteiger charge is 2.21. The van der Waals surface area contributed by atoms with Crippen molar-refractivity contribution in [3.8, 4) is 0 Å². The number of rotatable bonds is 3. The Balaban J connectivity index is 2.00. The SMILES string of the molecule is NCCc1noc(C2CCCCS2)n1. The summed E-state index contributed by atoms with van der Waals surface area (Å²) < 4.78 is 5.22. The van der Waals surface area contributed by atoms with Crippen LogP contribution in [0.25, 0.3) is 0 Å². The number of nitrogens with two attached hydrogens (primary N) is 1. The maximum absolute atomic E-state index is 5.42. The van der Waals surface area contributed by atoms with Crippen molar-refractivity contribution >= 4 is 11.8 Å². The van der Waals surface area contributed by atoms with Gasteiger partial charge in [0.25, 0.3) is 0 Å². The zero-order valence-electron chi connectivity index (χ0n) is 8.11. The van der Waals surface area contributed by atoms with E-state index in [1.807, 2.05) is 11.8 Å². The van der Waals surface area contributed by atoms with Gasteiger partial charge in [-0.05, 0) is 25.1 Å². The molecule has 2 rings (SSSR count). The molecule has 0 spiro atoms. The van der Waals surface area contributed by atoms with Crippen molar-refractivity contribution in [3.05, 3.63) is 11.7 Å². The summed E-state index contributed by atoms with van der Waals surface area (Å²) in [5.74, 6) is 2.74. The van der Waals surface area contributed by atoms with E-state index < -0.39 is 0 Å². The average Bonchev–Trinajstić information content (AvgIpc) is 2.68. The predicted octanol–water partition coefficient (Wildman–Crippen LogP) is 1.53. The van der Waals surface area contributed by atoms with Crippen molar-refractivity contribution in [2.45, 2.75) is 30.9 Å². The van der Waals surface area contributed by atoms with Gasteiger partial charge in [-0.25, -0.2) is 0 Å². The number of hydrogen-bond donors (Lipinski definition) is 1. The van der Waals surface area contributed by atoms with Crippen molar-refractivity contribution < 1.29 is 4.52 Å². The summed E-state index contributed by atoms with van der Waals surface area (Å²) in [7, 11) is 0. The molecule has 14 heavy (non-hydrogen) atoms. The van der Waals surface area contributed by atoms with Gasteiger partial charge >= 0.3 is 0 Å². The van der Waals surface area contributed by atoms with Crippen molar-refractivity contribution in [1.82, 2.24) is 10.1 Å². The van der Waals surface area contributed by atoms with E-state index in [2.05, 4.69) is 10.1 Å². The quantitative estimate of drug-likeness (QED) is 0.824. The van der Waals surface area contributed by atoms with Crippen LogP contribution in [-0.2, 0) is 6.42 Å². The molecular weight excluding hydrogens is 198 g/mol. The second-order valence-electron chi connectivity index (χ2n) is 3.44. The lowest BCUT2D eigenvalue weighted by atomic mass is 10.2. The highest BCUT2D eigenvalue weighted by molar-refractivity contribution is 7.99. The third-order valence-electron chi connectivity index (χ3n) is 2.31. The zero-order valence-corrected chi connectivity index (χ0v) is 8.92. The lowest BCUT2D eigenvalue weighted by Crippen LogP contribution is -2.05. The topological polar surface area (TPSA) is 64.9 Å². The Morgan fingerprint density at radius 2 is 2.43 bits per heavy atom. The van der Waals surface area contributed by atoms with E-state index in [0.717, 1.165) is 18.1 Å². The van der Waals surface area contributed by atoms with Crippen molar-refractivity contribution in [1.29, 1.82) is 0 Å². The van der Waals surface area contributed by atoms with E-state index >= 15 is 0 Å². The minimum Gasteiger partial charge on any atom is -0.338 e. The van der Waals surface area contributed by atoms with Gasteiger partial charge in [-0.15, -0.1) is 11.8 Å². The summed E-state index contributed by atoms with van der Waals surface area (Å²) in [6.07, 6.45) is 4.45. The second-order valence-corrected chi connectivity index (χ2v) is 4.75. The Morgan fingerprint density at radius 1 is 1.50 bits per heavy atom. The molecule has 2 heterocycles. The molecular formula is C9H15N3OS.